The van der Waals surface area contributed by atoms with Crippen molar-refractivity contribution >= 4 is 0 Å². The molecule has 0 bridgehead atoms. The molecule has 67 valence electrons. The van der Waals surface area contributed by atoms with Gasteiger partial charge in [0.25, 0.3) is 0 Å². The summed E-state index contributed by atoms with van der Waals surface area (Å²) in [5.41, 5.74) is 0.507. The second-order valence-corrected chi connectivity index (χ2v) is 2.24. The third-order valence-corrected chi connectivity index (χ3v) is 1.15. The number of pyridine rings is 1. The fraction of sp³-hybridized carbons (Fsp3) is 0.111. The Morgan fingerprint density at radius 3 is 2.54 bits per heavy atom. The zero-order valence-electron chi connectivity index (χ0n) is 6.90. The first-order valence-corrected chi connectivity index (χ1v) is 3.41. The molecule has 0 saturated heterocycles. The number of rotatable bonds is 2. The van der Waals surface area contributed by atoms with Crippen LogP contribution < -0.4 is 4.74 Å². The van der Waals surface area contributed by atoms with Gasteiger partial charge >= 0.3 is 17.1 Å². The Balaban J connectivity index is 0.00000144. The van der Waals surface area contributed by atoms with Gasteiger partial charge in [0.15, 0.2) is 0 Å². The van der Waals surface area contributed by atoms with Crippen molar-refractivity contribution in [2.45, 2.75) is 6.10 Å². The SMILES string of the molecule is [CH2-]C([CH2-])Oc1ccc(C#N)cn1.[Mn+2]. The zero-order chi connectivity index (χ0) is 8.97. The van der Waals surface area contributed by atoms with E-state index in [1.54, 1.807) is 12.1 Å². The molecule has 0 atom stereocenters. The molecule has 0 spiro atoms. The van der Waals surface area contributed by atoms with E-state index in [4.69, 9.17) is 10.00 Å². The van der Waals surface area contributed by atoms with Crippen LogP contribution in [0.2, 0.25) is 0 Å². The summed E-state index contributed by atoms with van der Waals surface area (Å²) >= 11 is 0. The second-order valence-electron chi connectivity index (χ2n) is 2.24. The van der Waals surface area contributed by atoms with Gasteiger partial charge in [-0.15, -0.1) is 0 Å². The Morgan fingerprint density at radius 2 is 2.15 bits per heavy atom. The number of ether oxygens (including phenoxy) is 1. The van der Waals surface area contributed by atoms with Crippen molar-refractivity contribution < 1.29 is 21.8 Å². The van der Waals surface area contributed by atoms with E-state index < -0.39 is 0 Å². The van der Waals surface area contributed by atoms with Crippen molar-refractivity contribution in [1.82, 2.24) is 4.98 Å². The predicted octanol–water partition coefficient (Wildman–Crippen LogP) is 1.37. The maximum absolute atomic E-state index is 8.45. The van der Waals surface area contributed by atoms with Crippen molar-refractivity contribution in [1.29, 1.82) is 5.26 Å². The quantitative estimate of drug-likeness (QED) is 0.552. The Labute approximate surface area is 88.2 Å². The van der Waals surface area contributed by atoms with Gasteiger partial charge in [-0.2, -0.15) is 11.4 Å². The van der Waals surface area contributed by atoms with Crippen LogP contribution in [0.3, 0.4) is 0 Å². The molecular weight excluding hydrogens is 207 g/mol. The van der Waals surface area contributed by atoms with Crippen LogP contribution in [-0.4, -0.2) is 11.1 Å². The minimum Gasteiger partial charge on any atom is -0.539 e. The molecule has 1 aromatic rings. The van der Waals surface area contributed by atoms with Gasteiger partial charge < -0.3 is 18.6 Å². The molecule has 0 saturated carbocycles. The maximum atomic E-state index is 8.45. The standard InChI is InChI=1S/C9H8N2O.Mn/c1-7(2)12-9-4-3-8(5-10)6-11-9;/h3-4,6-7H,1-2H2;/q-2;+2. The van der Waals surface area contributed by atoms with E-state index in [-0.39, 0.29) is 23.2 Å². The Bertz CT molecular complexity index is 289. The molecule has 0 aliphatic carbocycles. The van der Waals surface area contributed by atoms with E-state index in [0.29, 0.717) is 11.4 Å². The van der Waals surface area contributed by atoms with Crippen molar-refractivity contribution in [3.8, 4) is 11.9 Å². The first-order valence-electron chi connectivity index (χ1n) is 3.41. The molecule has 0 fully saturated rings. The van der Waals surface area contributed by atoms with Gasteiger partial charge in [-0.05, 0) is 6.07 Å². The third-order valence-electron chi connectivity index (χ3n) is 1.15. The zero-order valence-corrected chi connectivity index (χ0v) is 8.08. The van der Waals surface area contributed by atoms with Gasteiger partial charge in [-0.3, -0.25) is 0 Å². The van der Waals surface area contributed by atoms with E-state index in [1.807, 2.05) is 6.07 Å². The molecule has 0 N–H and O–H groups in total. The van der Waals surface area contributed by atoms with Gasteiger partial charge in [0.2, 0.25) is 5.88 Å². The molecule has 1 rings (SSSR count). The molecule has 0 amide bonds. The molecule has 1 heterocycles. The van der Waals surface area contributed by atoms with Crippen LogP contribution in [0.4, 0.5) is 0 Å². The summed E-state index contributed by atoms with van der Waals surface area (Å²) in [5, 5.41) is 8.45. The first kappa shape index (κ1) is 12.0. The van der Waals surface area contributed by atoms with Crippen LogP contribution in [0.15, 0.2) is 18.3 Å². The van der Waals surface area contributed by atoms with E-state index in [2.05, 4.69) is 18.8 Å². The maximum Gasteiger partial charge on any atom is 2.00 e. The molecule has 0 unspecified atom stereocenters. The van der Waals surface area contributed by atoms with Crippen LogP contribution in [0.5, 0.6) is 5.88 Å². The number of hydrogen-bond acceptors (Lipinski definition) is 3. The minimum atomic E-state index is -0.384. The summed E-state index contributed by atoms with van der Waals surface area (Å²) in [4.78, 5) is 3.86. The molecule has 13 heavy (non-hydrogen) atoms. The fourth-order valence-electron chi connectivity index (χ4n) is 0.687. The molecule has 1 radical (unpaired) electrons. The third kappa shape index (κ3) is 3.93. The Kier molecular flexibility index (Phi) is 5.13. The van der Waals surface area contributed by atoms with Crippen molar-refractivity contribution in [2.24, 2.45) is 0 Å². The van der Waals surface area contributed by atoms with Crippen molar-refractivity contribution in [2.75, 3.05) is 0 Å². The monoisotopic (exact) mass is 215 g/mol. The molecule has 0 aromatic carbocycles. The van der Waals surface area contributed by atoms with Gasteiger partial charge in [0.05, 0.1) is 5.56 Å². The second kappa shape index (κ2) is 5.58. The number of nitriles is 1. The molecule has 0 aliphatic rings. The largest absolute Gasteiger partial charge is 2.00 e. The summed E-state index contributed by atoms with van der Waals surface area (Å²) < 4.78 is 5.07. The average Bonchev–Trinajstić information content (AvgIpc) is 2.05. The van der Waals surface area contributed by atoms with Gasteiger partial charge in [-0.1, -0.05) is 0 Å². The Hall–Kier alpha value is -1.04. The van der Waals surface area contributed by atoms with E-state index >= 15 is 0 Å². The molecule has 1 aromatic heterocycles. The fourth-order valence-corrected chi connectivity index (χ4v) is 0.687. The number of aromatic nitrogens is 1. The van der Waals surface area contributed by atoms with Crippen LogP contribution in [0.1, 0.15) is 5.56 Å². The molecule has 0 aliphatic heterocycles. The van der Waals surface area contributed by atoms with Gasteiger partial charge in [-0.25, -0.2) is 4.98 Å². The van der Waals surface area contributed by atoms with Crippen LogP contribution in [0.25, 0.3) is 0 Å². The summed E-state index contributed by atoms with van der Waals surface area (Å²) in [6.07, 6.45) is 1.06. The van der Waals surface area contributed by atoms with Crippen LogP contribution in [0, 0.1) is 25.2 Å². The topological polar surface area (TPSA) is 45.9 Å². The smallest absolute Gasteiger partial charge is 0.539 e. The first-order chi connectivity index (χ1) is 5.72. The van der Waals surface area contributed by atoms with E-state index in [9.17, 15) is 0 Å². The normalized spacial score (nSPS) is 8.77. The number of nitrogens with zero attached hydrogens (tertiary/aromatic N) is 2. The van der Waals surface area contributed by atoms with Gasteiger partial charge in [0, 0.05) is 12.3 Å². The van der Waals surface area contributed by atoms with Crippen LogP contribution >= 0.6 is 0 Å². The van der Waals surface area contributed by atoms with Crippen molar-refractivity contribution in [3.63, 3.8) is 0 Å². The average molecular weight is 215 g/mol. The summed E-state index contributed by atoms with van der Waals surface area (Å²) in [7, 11) is 0. The summed E-state index contributed by atoms with van der Waals surface area (Å²) in [6, 6.07) is 5.20. The minimum absolute atomic E-state index is 0. The predicted molar refractivity (Wildman–Crippen MR) is 44.1 cm³/mol. The Morgan fingerprint density at radius 1 is 1.46 bits per heavy atom. The van der Waals surface area contributed by atoms with E-state index in [1.165, 1.54) is 6.20 Å². The van der Waals surface area contributed by atoms with Crippen molar-refractivity contribution in [3.05, 3.63) is 37.7 Å². The summed E-state index contributed by atoms with van der Waals surface area (Å²) in [6.45, 7) is 7.08. The number of hydrogen-bond donors (Lipinski definition) is 0. The molecule has 4 heteroatoms. The van der Waals surface area contributed by atoms with Gasteiger partial charge in [0.1, 0.15) is 6.07 Å². The summed E-state index contributed by atoms with van der Waals surface area (Å²) in [5.74, 6) is 0.434. The molecular formula is C9H8MnN2O. The van der Waals surface area contributed by atoms with E-state index in [0.717, 1.165) is 0 Å². The van der Waals surface area contributed by atoms with Crippen LogP contribution in [-0.2, 0) is 17.1 Å². The molecule has 3 nitrogen and oxygen atoms in total.